The molecule has 8 bridgehead atoms. The van der Waals surface area contributed by atoms with Gasteiger partial charge in [0.05, 0.1) is 22.8 Å². The molecule has 0 saturated carbocycles. The molecule has 9 heteroatoms. The van der Waals surface area contributed by atoms with Gasteiger partial charge in [0.25, 0.3) is 0 Å². The molecule has 3 aromatic heterocycles. The van der Waals surface area contributed by atoms with Gasteiger partial charge in [0, 0.05) is 106 Å². The van der Waals surface area contributed by atoms with E-state index in [1.54, 1.807) is 0 Å². The van der Waals surface area contributed by atoms with E-state index in [-0.39, 0.29) is 17.1 Å². The molecular formula is C44H34FeN8. The summed E-state index contributed by atoms with van der Waals surface area (Å²) in [6.07, 6.45) is 8.13. The van der Waals surface area contributed by atoms with Gasteiger partial charge in [-0.05, 0) is 72.8 Å². The van der Waals surface area contributed by atoms with Gasteiger partial charge in [0.15, 0.2) is 0 Å². The predicted octanol–water partition coefficient (Wildman–Crippen LogP) is 9.65. The third kappa shape index (κ3) is 5.74. The zero-order valence-corrected chi connectivity index (χ0v) is 29.5. The number of aromatic nitrogens is 4. The first-order valence-electron chi connectivity index (χ1n) is 17.0. The van der Waals surface area contributed by atoms with Crippen LogP contribution in [0.4, 0.5) is 22.7 Å². The van der Waals surface area contributed by atoms with Crippen molar-refractivity contribution in [3.63, 3.8) is 0 Å². The number of nitrogens with one attached hydrogen (secondary N) is 2. The summed E-state index contributed by atoms with van der Waals surface area (Å²) >= 11 is 0. The van der Waals surface area contributed by atoms with E-state index >= 15 is 0 Å². The van der Waals surface area contributed by atoms with Crippen molar-refractivity contribution in [2.24, 2.45) is 0 Å². The smallest absolute Gasteiger partial charge is 0.0738 e. The van der Waals surface area contributed by atoms with Gasteiger partial charge in [-0.15, -0.1) is 0 Å². The zero-order chi connectivity index (χ0) is 35.3. The summed E-state index contributed by atoms with van der Waals surface area (Å²) in [6, 6.07) is 39.6. The minimum absolute atomic E-state index is 0. The fraction of sp³-hybridized carbons (Fsp3) is 0. The molecule has 0 unspecified atom stereocenters. The molecule has 5 heterocycles. The van der Waals surface area contributed by atoms with Crippen LogP contribution in [-0.4, -0.2) is 19.9 Å². The summed E-state index contributed by atoms with van der Waals surface area (Å²) in [6.45, 7) is 0. The van der Waals surface area contributed by atoms with E-state index in [0.29, 0.717) is 22.7 Å². The van der Waals surface area contributed by atoms with Crippen molar-refractivity contribution in [2.75, 3.05) is 22.9 Å². The Morgan fingerprint density at radius 3 is 0.774 bits per heavy atom. The average Bonchev–Trinajstić information content (AvgIpc) is 3.99. The average molecular weight is 731 g/mol. The topological polar surface area (TPSA) is 161 Å². The van der Waals surface area contributed by atoms with E-state index in [0.717, 1.165) is 89.4 Å². The fourth-order valence-corrected chi connectivity index (χ4v) is 7.24. The van der Waals surface area contributed by atoms with Crippen LogP contribution in [0.25, 0.3) is 90.9 Å². The van der Waals surface area contributed by atoms with Crippen LogP contribution in [0.5, 0.6) is 0 Å². The Morgan fingerprint density at radius 1 is 0.321 bits per heavy atom. The summed E-state index contributed by atoms with van der Waals surface area (Å²) in [7, 11) is 0. The van der Waals surface area contributed by atoms with Gasteiger partial charge < -0.3 is 32.9 Å². The number of nitrogen functional groups attached to an aromatic ring is 4. The maximum atomic E-state index is 6.67. The van der Waals surface area contributed by atoms with Gasteiger partial charge in [-0.1, -0.05) is 72.8 Å². The van der Waals surface area contributed by atoms with Crippen molar-refractivity contribution in [3.8, 4) is 44.5 Å². The third-order valence-corrected chi connectivity index (χ3v) is 9.67. The molecule has 4 aromatic carbocycles. The second kappa shape index (κ2) is 13.4. The van der Waals surface area contributed by atoms with Crippen LogP contribution >= 0.6 is 0 Å². The Kier molecular flexibility index (Phi) is 8.43. The van der Waals surface area contributed by atoms with Crippen molar-refractivity contribution in [2.45, 2.75) is 0 Å². The first-order valence-corrected chi connectivity index (χ1v) is 17.0. The number of fused-ring (bicyclic) bond motifs is 8. The number of anilines is 4. The molecule has 2 aliphatic heterocycles. The molecule has 0 atom stereocenters. The molecule has 0 aliphatic carbocycles. The normalized spacial score (nSPS) is 11.8. The standard InChI is InChI=1S/C44H34N8.Fe/c45-29-13-5-1-9-25(29)41-33-17-19-35(49-33)42(26-10-2-6-14-30(26)46)37-21-23-39(51-37)44(28-12-4-8-16-32(28)48)40-24-22-38(52-40)43(36-20-18-34(41)50-36)27-11-3-7-15-31(27)47;/h1-24,49,52H,45-48H2;. The summed E-state index contributed by atoms with van der Waals surface area (Å²) in [5.74, 6) is 0. The van der Waals surface area contributed by atoms with Crippen LogP contribution < -0.4 is 22.9 Å². The summed E-state index contributed by atoms with van der Waals surface area (Å²) in [5.41, 5.74) is 42.5. The fourth-order valence-electron chi connectivity index (χ4n) is 7.24. The van der Waals surface area contributed by atoms with E-state index in [4.69, 9.17) is 32.9 Å². The molecule has 0 amide bonds. The molecule has 9 rings (SSSR count). The molecule has 10 N–H and O–H groups in total. The maximum absolute atomic E-state index is 6.67. The van der Waals surface area contributed by atoms with Gasteiger partial charge in [0.2, 0.25) is 0 Å². The molecular weight excluding hydrogens is 696 g/mol. The second-order valence-corrected chi connectivity index (χ2v) is 12.9. The van der Waals surface area contributed by atoms with Crippen molar-refractivity contribution in [3.05, 3.63) is 144 Å². The Hall–Kier alpha value is -6.80. The number of rotatable bonds is 4. The van der Waals surface area contributed by atoms with Crippen LogP contribution in [0.2, 0.25) is 0 Å². The van der Waals surface area contributed by atoms with Gasteiger partial charge >= 0.3 is 0 Å². The van der Waals surface area contributed by atoms with E-state index in [1.807, 2.05) is 121 Å². The van der Waals surface area contributed by atoms with Crippen LogP contribution in [0, 0.1) is 0 Å². The van der Waals surface area contributed by atoms with Crippen molar-refractivity contribution in [1.82, 2.24) is 19.9 Å². The maximum Gasteiger partial charge on any atom is 0.0738 e. The number of H-pyrrole nitrogens is 2. The van der Waals surface area contributed by atoms with E-state index in [1.165, 1.54) is 0 Å². The van der Waals surface area contributed by atoms with Gasteiger partial charge in [-0.2, -0.15) is 0 Å². The number of para-hydroxylation sites is 4. The molecule has 0 fully saturated rings. The number of benzene rings is 4. The largest absolute Gasteiger partial charge is 0.398 e. The molecule has 53 heavy (non-hydrogen) atoms. The third-order valence-electron chi connectivity index (χ3n) is 9.67. The Labute approximate surface area is 316 Å². The van der Waals surface area contributed by atoms with Gasteiger partial charge in [0.1, 0.15) is 0 Å². The minimum atomic E-state index is 0. The first kappa shape index (κ1) is 33.3. The minimum Gasteiger partial charge on any atom is -0.398 e. The van der Waals surface area contributed by atoms with Crippen LogP contribution in [0.3, 0.4) is 0 Å². The van der Waals surface area contributed by atoms with Gasteiger partial charge in [-0.25, -0.2) is 9.97 Å². The van der Waals surface area contributed by atoms with E-state index in [9.17, 15) is 0 Å². The Balaban J connectivity index is 0.00000400. The molecule has 8 nitrogen and oxygen atoms in total. The molecule has 7 aromatic rings. The number of hydrogen-bond donors (Lipinski definition) is 6. The quantitative estimate of drug-likeness (QED) is 0.0781. The van der Waals surface area contributed by atoms with Crippen LogP contribution in [0.1, 0.15) is 22.8 Å². The van der Waals surface area contributed by atoms with Crippen molar-refractivity contribution >= 4 is 69.1 Å². The van der Waals surface area contributed by atoms with E-state index in [2.05, 4.69) is 34.2 Å². The number of nitrogens with zero attached hydrogens (tertiary/aromatic N) is 2. The van der Waals surface area contributed by atoms with Crippen LogP contribution in [0.15, 0.2) is 121 Å². The van der Waals surface area contributed by atoms with Crippen molar-refractivity contribution < 1.29 is 17.1 Å². The van der Waals surface area contributed by atoms with Gasteiger partial charge in [-0.3, -0.25) is 0 Å². The first-order chi connectivity index (χ1) is 25.4. The second-order valence-electron chi connectivity index (χ2n) is 12.9. The van der Waals surface area contributed by atoms with E-state index < -0.39 is 0 Å². The Bertz CT molecular complexity index is 2440. The number of hydrogen-bond acceptors (Lipinski definition) is 6. The number of nitrogens with two attached hydrogens (primary N) is 4. The number of aromatic amines is 2. The summed E-state index contributed by atoms with van der Waals surface area (Å²) in [5, 5.41) is 0. The molecule has 0 radical (unpaired) electrons. The Morgan fingerprint density at radius 2 is 0.547 bits per heavy atom. The van der Waals surface area contributed by atoms with Crippen LogP contribution in [-0.2, 0) is 17.1 Å². The predicted molar refractivity (Wildman–Crippen MR) is 218 cm³/mol. The monoisotopic (exact) mass is 730 g/mol. The molecule has 0 spiro atoms. The summed E-state index contributed by atoms with van der Waals surface area (Å²) in [4.78, 5) is 18.1. The van der Waals surface area contributed by atoms with Crippen molar-refractivity contribution in [1.29, 1.82) is 0 Å². The zero-order valence-electron chi connectivity index (χ0n) is 28.4. The molecule has 258 valence electrons. The SMILES string of the molecule is Nc1ccccc1-c1c2nc(c(-c3ccccc3N)c3ccc([nH]3)c(-c3ccccc3N)c3nc(c(-c4ccccc4N)c4ccc1[nH]4)C=C3)C=C2.[Fe]. The summed E-state index contributed by atoms with van der Waals surface area (Å²) < 4.78 is 0. The molecule has 0 saturated heterocycles. The molecule has 2 aliphatic rings.